The first-order chi connectivity index (χ1) is 9.89. The van der Waals surface area contributed by atoms with Gasteiger partial charge in [0.25, 0.3) is 0 Å². The Morgan fingerprint density at radius 3 is 2.14 bits per heavy atom. The lowest BCUT2D eigenvalue weighted by Gasteiger charge is -2.41. The van der Waals surface area contributed by atoms with Crippen molar-refractivity contribution in [3.63, 3.8) is 0 Å². The topological polar surface area (TPSA) is 29.5 Å². The molecule has 1 aliphatic rings. The van der Waals surface area contributed by atoms with Crippen LogP contribution in [0.4, 0.5) is 0 Å². The average Bonchev–Trinajstić information content (AvgIpc) is 2.47. The Morgan fingerprint density at radius 1 is 1.10 bits per heavy atom. The van der Waals surface area contributed by atoms with Crippen molar-refractivity contribution in [1.82, 2.24) is 0 Å². The molecule has 0 heterocycles. The molecular weight excluding hydrogens is 260 g/mol. The third kappa shape index (κ3) is 3.67. The lowest BCUT2D eigenvalue weighted by Crippen LogP contribution is -2.41. The number of hydrogen-bond donors (Lipinski definition) is 1. The number of aliphatic hydroxyl groups is 1. The highest BCUT2D eigenvalue weighted by Crippen LogP contribution is 2.41. The summed E-state index contributed by atoms with van der Waals surface area (Å²) in [5, 5.41) is 10.9. The zero-order valence-electron chi connectivity index (χ0n) is 14.0. The van der Waals surface area contributed by atoms with Crippen LogP contribution in [0.25, 0.3) is 0 Å². The summed E-state index contributed by atoms with van der Waals surface area (Å²) in [6.45, 7) is 9.31. The molecule has 2 nitrogen and oxygen atoms in total. The van der Waals surface area contributed by atoms with E-state index in [1.54, 1.807) is 0 Å². The van der Waals surface area contributed by atoms with Gasteiger partial charge in [-0.1, -0.05) is 64.3 Å². The molecule has 1 atom stereocenters. The molecule has 0 bridgehead atoms. The van der Waals surface area contributed by atoms with E-state index in [1.807, 2.05) is 6.92 Å². The summed E-state index contributed by atoms with van der Waals surface area (Å²) >= 11 is 0. The quantitative estimate of drug-likeness (QED) is 0.866. The Labute approximate surface area is 129 Å². The van der Waals surface area contributed by atoms with Crippen LogP contribution in [0, 0.1) is 0 Å². The molecule has 2 rings (SSSR count). The van der Waals surface area contributed by atoms with Crippen LogP contribution >= 0.6 is 0 Å². The maximum atomic E-state index is 10.9. The molecule has 0 spiro atoms. The zero-order chi connectivity index (χ0) is 15.5. The van der Waals surface area contributed by atoms with Gasteiger partial charge in [-0.25, -0.2) is 0 Å². The summed E-state index contributed by atoms with van der Waals surface area (Å²) in [5.41, 5.74) is 2.05. The Kier molecular flexibility index (Phi) is 5.11. The molecule has 1 unspecified atom stereocenters. The van der Waals surface area contributed by atoms with E-state index in [1.165, 1.54) is 12.0 Å². The molecule has 1 aromatic rings. The molecule has 0 aromatic heterocycles. The smallest absolute Gasteiger partial charge is 0.108 e. The Hall–Kier alpha value is -0.860. The molecule has 1 saturated carbocycles. The maximum Gasteiger partial charge on any atom is 0.108 e. The van der Waals surface area contributed by atoms with E-state index in [0.29, 0.717) is 6.61 Å². The summed E-state index contributed by atoms with van der Waals surface area (Å²) in [5.74, 6) is 0. The minimum Gasteiger partial charge on any atom is -0.385 e. The SMILES string of the molecule is CCOC1(C(O)c2ccc(C(C)(C)C)cc2)CCCCC1. The second kappa shape index (κ2) is 6.50. The molecule has 1 aliphatic carbocycles. The summed E-state index contributed by atoms with van der Waals surface area (Å²) < 4.78 is 6.03. The van der Waals surface area contributed by atoms with E-state index in [2.05, 4.69) is 45.0 Å². The van der Waals surface area contributed by atoms with Gasteiger partial charge in [-0.05, 0) is 36.3 Å². The van der Waals surface area contributed by atoms with E-state index in [-0.39, 0.29) is 11.0 Å². The summed E-state index contributed by atoms with van der Waals surface area (Å²) in [6.07, 6.45) is 4.96. The second-order valence-corrected chi connectivity index (χ2v) is 7.33. The highest BCUT2D eigenvalue weighted by molar-refractivity contribution is 5.30. The van der Waals surface area contributed by atoms with Gasteiger partial charge in [-0.3, -0.25) is 0 Å². The Morgan fingerprint density at radius 2 is 1.67 bits per heavy atom. The molecule has 0 amide bonds. The van der Waals surface area contributed by atoms with Crippen molar-refractivity contribution in [1.29, 1.82) is 0 Å². The summed E-state index contributed by atoms with van der Waals surface area (Å²) in [6, 6.07) is 8.42. The van der Waals surface area contributed by atoms with Crippen molar-refractivity contribution < 1.29 is 9.84 Å². The fraction of sp³-hybridized carbons (Fsp3) is 0.684. The summed E-state index contributed by atoms with van der Waals surface area (Å²) in [7, 11) is 0. The van der Waals surface area contributed by atoms with Gasteiger partial charge in [0, 0.05) is 6.61 Å². The van der Waals surface area contributed by atoms with Gasteiger partial charge in [0.15, 0.2) is 0 Å². The predicted octanol–water partition coefficient (Wildman–Crippen LogP) is 4.76. The fourth-order valence-corrected chi connectivity index (χ4v) is 3.40. The van der Waals surface area contributed by atoms with Crippen molar-refractivity contribution in [3.05, 3.63) is 35.4 Å². The molecule has 1 N–H and O–H groups in total. The van der Waals surface area contributed by atoms with Gasteiger partial charge >= 0.3 is 0 Å². The monoisotopic (exact) mass is 290 g/mol. The predicted molar refractivity (Wildman–Crippen MR) is 87.5 cm³/mol. The lowest BCUT2D eigenvalue weighted by atomic mass is 9.77. The molecule has 1 aromatic carbocycles. The van der Waals surface area contributed by atoms with Gasteiger partial charge in [0.1, 0.15) is 6.10 Å². The van der Waals surface area contributed by atoms with E-state index in [0.717, 1.165) is 31.2 Å². The standard InChI is InChI=1S/C19H30O2/c1-5-21-19(13-7-6-8-14-19)17(20)15-9-11-16(12-10-15)18(2,3)4/h9-12,17,20H,5-8,13-14H2,1-4H3. The molecule has 1 fully saturated rings. The van der Waals surface area contributed by atoms with Crippen LogP contribution in [0.3, 0.4) is 0 Å². The Bertz CT molecular complexity index is 430. The maximum absolute atomic E-state index is 10.9. The number of aliphatic hydroxyl groups excluding tert-OH is 1. The molecule has 21 heavy (non-hydrogen) atoms. The Balaban J connectivity index is 2.22. The van der Waals surface area contributed by atoms with Crippen molar-refractivity contribution in [2.75, 3.05) is 6.61 Å². The van der Waals surface area contributed by atoms with Crippen LogP contribution in [0.15, 0.2) is 24.3 Å². The van der Waals surface area contributed by atoms with Crippen LogP contribution in [0.1, 0.15) is 77.0 Å². The van der Waals surface area contributed by atoms with Crippen LogP contribution < -0.4 is 0 Å². The third-order valence-corrected chi connectivity index (χ3v) is 4.72. The van der Waals surface area contributed by atoms with Crippen LogP contribution in [-0.4, -0.2) is 17.3 Å². The molecular formula is C19H30O2. The van der Waals surface area contributed by atoms with E-state index in [4.69, 9.17) is 4.74 Å². The van der Waals surface area contributed by atoms with Crippen molar-refractivity contribution in [3.8, 4) is 0 Å². The molecule has 0 saturated heterocycles. The van der Waals surface area contributed by atoms with E-state index >= 15 is 0 Å². The molecule has 118 valence electrons. The molecule has 2 heteroatoms. The summed E-state index contributed by atoms with van der Waals surface area (Å²) in [4.78, 5) is 0. The third-order valence-electron chi connectivity index (χ3n) is 4.72. The van der Waals surface area contributed by atoms with Crippen molar-refractivity contribution in [2.24, 2.45) is 0 Å². The zero-order valence-corrected chi connectivity index (χ0v) is 14.0. The van der Waals surface area contributed by atoms with Gasteiger partial charge in [-0.15, -0.1) is 0 Å². The molecule has 0 radical (unpaired) electrons. The number of ether oxygens (including phenoxy) is 1. The van der Waals surface area contributed by atoms with Crippen molar-refractivity contribution >= 4 is 0 Å². The first-order valence-electron chi connectivity index (χ1n) is 8.31. The molecule has 0 aliphatic heterocycles. The first kappa shape index (κ1) is 16.5. The average molecular weight is 290 g/mol. The van der Waals surface area contributed by atoms with Crippen molar-refractivity contribution in [2.45, 2.75) is 76.9 Å². The van der Waals surface area contributed by atoms with Crippen LogP contribution in [0.2, 0.25) is 0 Å². The number of rotatable bonds is 4. The van der Waals surface area contributed by atoms with E-state index < -0.39 is 6.10 Å². The van der Waals surface area contributed by atoms with Crippen LogP contribution in [-0.2, 0) is 10.2 Å². The first-order valence-corrected chi connectivity index (χ1v) is 8.31. The highest BCUT2D eigenvalue weighted by Gasteiger charge is 2.40. The normalized spacial score (nSPS) is 20.2. The van der Waals surface area contributed by atoms with Crippen LogP contribution in [0.5, 0.6) is 0 Å². The van der Waals surface area contributed by atoms with Gasteiger partial charge in [0.2, 0.25) is 0 Å². The van der Waals surface area contributed by atoms with Gasteiger partial charge in [0.05, 0.1) is 5.60 Å². The lowest BCUT2D eigenvalue weighted by molar-refractivity contribution is -0.141. The minimum absolute atomic E-state index is 0.145. The number of benzene rings is 1. The van der Waals surface area contributed by atoms with E-state index in [9.17, 15) is 5.11 Å². The van der Waals surface area contributed by atoms with Gasteiger partial charge < -0.3 is 9.84 Å². The second-order valence-electron chi connectivity index (χ2n) is 7.33. The number of hydrogen-bond acceptors (Lipinski definition) is 2. The largest absolute Gasteiger partial charge is 0.385 e. The van der Waals surface area contributed by atoms with Gasteiger partial charge in [-0.2, -0.15) is 0 Å². The fourth-order valence-electron chi connectivity index (χ4n) is 3.40. The highest BCUT2D eigenvalue weighted by atomic mass is 16.5. The minimum atomic E-state index is -0.522.